The lowest BCUT2D eigenvalue weighted by Gasteiger charge is -2.13. The second kappa shape index (κ2) is 5.16. The summed E-state index contributed by atoms with van der Waals surface area (Å²) in [4.78, 5) is 22.0. The monoisotopic (exact) mass is 251 g/mol. The van der Waals surface area contributed by atoms with Crippen LogP contribution < -0.4 is 0 Å². The molecule has 1 saturated heterocycles. The van der Waals surface area contributed by atoms with Crippen molar-refractivity contribution in [2.45, 2.75) is 18.6 Å². The summed E-state index contributed by atoms with van der Waals surface area (Å²) >= 11 is 0. The number of amides is 1. The lowest BCUT2D eigenvalue weighted by atomic mass is 10.1. The molecule has 2 N–H and O–H groups in total. The van der Waals surface area contributed by atoms with Gasteiger partial charge in [-0.25, -0.2) is 9.86 Å². The number of carbonyl (C=O) groups excluding carboxylic acids is 1. The van der Waals surface area contributed by atoms with Gasteiger partial charge in [0.2, 0.25) is 0 Å². The third-order valence-electron chi connectivity index (χ3n) is 2.69. The molecule has 0 bridgehead atoms. The third-order valence-corrected chi connectivity index (χ3v) is 2.69. The summed E-state index contributed by atoms with van der Waals surface area (Å²) in [6, 6.07) is 9.37. The van der Waals surface area contributed by atoms with Crippen LogP contribution in [0.5, 0.6) is 0 Å². The maximum Gasteiger partial charge on any atom is 0.336 e. The van der Waals surface area contributed by atoms with E-state index in [9.17, 15) is 14.8 Å². The van der Waals surface area contributed by atoms with Crippen LogP contribution in [0.1, 0.15) is 5.56 Å². The van der Waals surface area contributed by atoms with Crippen LogP contribution in [-0.2, 0) is 20.7 Å². The number of nitrogens with zero attached hydrogens (tertiary/aromatic N) is 1. The molecular formula is C12H13NO5. The van der Waals surface area contributed by atoms with Crippen molar-refractivity contribution in [2.75, 3.05) is 6.54 Å². The highest BCUT2D eigenvalue weighted by Crippen LogP contribution is 2.23. The van der Waals surface area contributed by atoms with Crippen LogP contribution in [0, 0.1) is 0 Å². The summed E-state index contributed by atoms with van der Waals surface area (Å²) in [6.07, 6.45) is -1.68. The van der Waals surface area contributed by atoms with Gasteiger partial charge >= 0.3 is 5.97 Å². The molecule has 1 aliphatic heterocycles. The van der Waals surface area contributed by atoms with E-state index in [4.69, 9.17) is 5.11 Å². The van der Waals surface area contributed by atoms with Crippen LogP contribution >= 0.6 is 0 Å². The summed E-state index contributed by atoms with van der Waals surface area (Å²) < 4.78 is 4.66. The molecule has 1 heterocycles. The Bertz CT molecular complexity index is 447. The molecule has 1 aromatic carbocycles. The van der Waals surface area contributed by atoms with Crippen molar-refractivity contribution in [3.8, 4) is 0 Å². The zero-order valence-electron chi connectivity index (χ0n) is 9.52. The van der Waals surface area contributed by atoms with E-state index in [0.717, 1.165) is 5.56 Å². The lowest BCUT2D eigenvalue weighted by molar-refractivity contribution is -0.166. The summed E-state index contributed by atoms with van der Waals surface area (Å²) in [5, 5.41) is 18.6. The maximum atomic E-state index is 11.5. The van der Waals surface area contributed by atoms with E-state index >= 15 is 0 Å². The zero-order chi connectivity index (χ0) is 13.1. The number of epoxide rings is 1. The van der Waals surface area contributed by atoms with Gasteiger partial charge in [-0.15, -0.1) is 0 Å². The van der Waals surface area contributed by atoms with Crippen LogP contribution in [0.15, 0.2) is 30.3 Å². The fourth-order valence-corrected chi connectivity index (χ4v) is 1.62. The second-order valence-corrected chi connectivity index (χ2v) is 4.01. The number of aliphatic carboxylic acids is 1. The summed E-state index contributed by atoms with van der Waals surface area (Å²) in [5.41, 5.74) is 0.982. The number of carbonyl (C=O) groups is 2. The second-order valence-electron chi connectivity index (χ2n) is 4.01. The molecule has 1 aromatic rings. The highest BCUT2D eigenvalue weighted by atomic mass is 16.6. The zero-order valence-corrected chi connectivity index (χ0v) is 9.52. The van der Waals surface area contributed by atoms with Gasteiger partial charge in [-0.05, 0) is 12.0 Å². The van der Waals surface area contributed by atoms with E-state index in [1.54, 1.807) is 0 Å². The van der Waals surface area contributed by atoms with Crippen molar-refractivity contribution in [2.24, 2.45) is 0 Å². The molecular weight excluding hydrogens is 238 g/mol. The van der Waals surface area contributed by atoms with Gasteiger partial charge in [0.05, 0.1) is 6.54 Å². The van der Waals surface area contributed by atoms with Gasteiger partial charge in [0, 0.05) is 0 Å². The molecule has 2 rings (SSSR count). The Morgan fingerprint density at radius 2 is 1.89 bits per heavy atom. The molecule has 0 aromatic heterocycles. The predicted molar refractivity (Wildman–Crippen MR) is 59.9 cm³/mol. The Balaban J connectivity index is 1.80. The molecule has 2 atom stereocenters. The van der Waals surface area contributed by atoms with Gasteiger partial charge in [-0.2, -0.15) is 0 Å². The van der Waals surface area contributed by atoms with E-state index in [-0.39, 0.29) is 6.54 Å². The number of hydroxylamine groups is 2. The fourth-order valence-electron chi connectivity index (χ4n) is 1.62. The topological polar surface area (TPSA) is 90.4 Å². The first-order valence-electron chi connectivity index (χ1n) is 5.52. The highest BCUT2D eigenvalue weighted by molar-refractivity contribution is 5.91. The number of benzene rings is 1. The standard InChI is InChI=1S/C12H13NO5/c14-11(9-10(18-9)12(15)16)13(17)7-6-8-4-2-1-3-5-8/h1-5,9-10,17H,6-7H2,(H,15,16)/t9-,10-/m0/s1. The summed E-state index contributed by atoms with van der Waals surface area (Å²) in [7, 11) is 0. The first-order valence-corrected chi connectivity index (χ1v) is 5.52. The first-order chi connectivity index (χ1) is 8.59. The largest absolute Gasteiger partial charge is 0.479 e. The molecule has 0 aliphatic carbocycles. The number of rotatable bonds is 5. The van der Waals surface area contributed by atoms with E-state index in [0.29, 0.717) is 11.5 Å². The van der Waals surface area contributed by atoms with Crippen LogP contribution in [0.3, 0.4) is 0 Å². The van der Waals surface area contributed by atoms with Gasteiger partial charge in [-0.3, -0.25) is 10.0 Å². The van der Waals surface area contributed by atoms with E-state index in [1.165, 1.54) is 0 Å². The molecule has 6 nitrogen and oxygen atoms in total. The van der Waals surface area contributed by atoms with E-state index in [2.05, 4.69) is 4.74 Å². The predicted octanol–water partition coefficient (Wildman–Crippen LogP) is 0.299. The molecule has 0 unspecified atom stereocenters. The van der Waals surface area contributed by atoms with Gasteiger partial charge in [0.25, 0.3) is 5.91 Å². The molecule has 0 spiro atoms. The van der Waals surface area contributed by atoms with E-state index < -0.39 is 24.1 Å². The summed E-state index contributed by atoms with van der Waals surface area (Å²) in [6.45, 7) is 0.106. The van der Waals surface area contributed by atoms with Crippen LogP contribution in [0.25, 0.3) is 0 Å². The smallest absolute Gasteiger partial charge is 0.336 e. The highest BCUT2D eigenvalue weighted by Gasteiger charge is 2.52. The number of hydrogen-bond donors (Lipinski definition) is 2. The average Bonchev–Trinajstić information content (AvgIpc) is 3.16. The number of carboxylic acids is 1. The average molecular weight is 251 g/mol. The Morgan fingerprint density at radius 3 is 2.44 bits per heavy atom. The Hall–Kier alpha value is -1.92. The lowest BCUT2D eigenvalue weighted by Crippen LogP contribution is -2.34. The van der Waals surface area contributed by atoms with Crippen LogP contribution in [-0.4, -0.2) is 46.0 Å². The molecule has 0 radical (unpaired) electrons. The van der Waals surface area contributed by atoms with Crippen molar-refractivity contribution in [3.05, 3.63) is 35.9 Å². The van der Waals surface area contributed by atoms with Gasteiger partial charge in [0.1, 0.15) is 0 Å². The molecule has 6 heteroatoms. The first kappa shape index (κ1) is 12.5. The van der Waals surface area contributed by atoms with Crippen molar-refractivity contribution < 1.29 is 24.6 Å². The van der Waals surface area contributed by atoms with Crippen LogP contribution in [0.4, 0.5) is 0 Å². The van der Waals surface area contributed by atoms with Crippen molar-refractivity contribution in [3.63, 3.8) is 0 Å². The molecule has 96 valence electrons. The summed E-state index contributed by atoms with van der Waals surface area (Å²) in [5.74, 6) is -1.90. The number of ether oxygens (including phenoxy) is 1. The number of hydrogen-bond acceptors (Lipinski definition) is 4. The minimum absolute atomic E-state index is 0.106. The quantitative estimate of drug-likeness (QED) is 0.446. The minimum Gasteiger partial charge on any atom is -0.479 e. The molecule has 1 amide bonds. The Labute approximate surface area is 103 Å². The molecule has 0 saturated carbocycles. The van der Waals surface area contributed by atoms with E-state index in [1.807, 2.05) is 30.3 Å². The third kappa shape index (κ3) is 2.85. The maximum absolute atomic E-state index is 11.5. The molecule has 1 fully saturated rings. The minimum atomic E-state index is -1.19. The SMILES string of the molecule is O=C(O)[C@H]1O[C@@H]1C(=O)N(O)CCc1ccccc1. The molecule has 18 heavy (non-hydrogen) atoms. The van der Waals surface area contributed by atoms with Gasteiger partial charge in [-0.1, -0.05) is 30.3 Å². The van der Waals surface area contributed by atoms with Gasteiger partial charge in [0.15, 0.2) is 12.2 Å². The van der Waals surface area contributed by atoms with Crippen LogP contribution in [0.2, 0.25) is 0 Å². The fraction of sp³-hybridized carbons (Fsp3) is 0.333. The van der Waals surface area contributed by atoms with Crippen molar-refractivity contribution in [1.29, 1.82) is 0 Å². The number of carboxylic acid groups (broad SMARTS) is 1. The molecule has 1 aliphatic rings. The normalized spacial score (nSPS) is 21.4. The Kier molecular flexibility index (Phi) is 3.59. The van der Waals surface area contributed by atoms with Gasteiger partial charge < -0.3 is 9.84 Å². The van der Waals surface area contributed by atoms with Crippen molar-refractivity contribution >= 4 is 11.9 Å². The Morgan fingerprint density at radius 1 is 1.22 bits per heavy atom. The van der Waals surface area contributed by atoms with Crippen molar-refractivity contribution in [1.82, 2.24) is 5.06 Å².